The van der Waals surface area contributed by atoms with E-state index in [2.05, 4.69) is 20.8 Å². The Morgan fingerprint density at radius 3 is 2.64 bits per heavy atom. The fourth-order valence-corrected chi connectivity index (χ4v) is 1.93. The Kier molecular flexibility index (Phi) is 3.82. The van der Waals surface area contributed by atoms with Gasteiger partial charge in [0.15, 0.2) is 5.82 Å². The van der Waals surface area contributed by atoms with Crippen LogP contribution in [0, 0.1) is 6.92 Å². The van der Waals surface area contributed by atoms with E-state index in [1.165, 1.54) is 6.20 Å². The Bertz CT molecular complexity index is 784. The van der Waals surface area contributed by atoms with Crippen LogP contribution in [0.15, 0.2) is 59.4 Å². The SMILES string of the molecule is Cc1cc(NC(=O)c2cncc(Nc3ccccc3)c2)no1. The number of amides is 1. The Morgan fingerprint density at radius 2 is 1.91 bits per heavy atom. The van der Waals surface area contributed by atoms with E-state index < -0.39 is 0 Å². The molecule has 0 saturated carbocycles. The second-order valence-corrected chi connectivity index (χ2v) is 4.73. The van der Waals surface area contributed by atoms with Gasteiger partial charge >= 0.3 is 0 Å². The Balaban J connectivity index is 1.74. The fraction of sp³-hybridized carbons (Fsp3) is 0.0625. The lowest BCUT2D eigenvalue weighted by atomic mass is 10.2. The van der Waals surface area contributed by atoms with Crippen LogP contribution >= 0.6 is 0 Å². The molecule has 0 radical (unpaired) electrons. The maximum atomic E-state index is 12.2. The third kappa shape index (κ3) is 3.29. The molecule has 0 aliphatic rings. The summed E-state index contributed by atoms with van der Waals surface area (Å²) in [5.41, 5.74) is 2.09. The van der Waals surface area contributed by atoms with Crippen molar-refractivity contribution in [3.63, 3.8) is 0 Å². The zero-order chi connectivity index (χ0) is 15.4. The monoisotopic (exact) mass is 294 g/mol. The topological polar surface area (TPSA) is 80.0 Å². The highest BCUT2D eigenvalue weighted by Crippen LogP contribution is 2.17. The van der Waals surface area contributed by atoms with Gasteiger partial charge in [-0.1, -0.05) is 23.4 Å². The van der Waals surface area contributed by atoms with E-state index in [4.69, 9.17) is 4.52 Å². The second kappa shape index (κ2) is 6.09. The van der Waals surface area contributed by atoms with Crippen molar-refractivity contribution in [1.82, 2.24) is 10.1 Å². The molecule has 3 rings (SSSR count). The summed E-state index contributed by atoms with van der Waals surface area (Å²) < 4.78 is 4.91. The summed E-state index contributed by atoms with van der Waals surface area (Å²) in [6.07, 6.45) is 3.16. The van der Waals surface area contributed by atoms with Gasteiger partial charge in [-0.15, -0.1) is 0 Å². The summed E-state index contributed by atoms with van der Waals surface area (Å²) in [5, 5.41) is 9.58. The molecular weight excluding hydrogens is 280 g/mol. The molecular formula is C16H14N4O2. The minimum atomic E-state index is -0.294. The molecule has 0 unspecified atom stereocenters. The number of pyridine rings is 1. The van der Waals surface area contributed by atoms with Gasteiger partial charge in [0.05, 0.1) is 17.4 Å². The van der Waals surface area contributed by atoms with Crippen LogP contribution < -0.4 is 10.6 Å². The van der Waals surface area contributed by atoms with Gasteiger partial charge in [-0.3, -0.25) is 9.78 Å². The van der Waals surface area contributed by atoms with E-state index >= 15 is 0 Å². The number of anilines is 3. The number of nitrogens with one attached hydrogen (secondary N) is 2. The lowest BCUT2D eigenvalue weighted by Crippen LogP contribution is -2.12. The van der Waals surface area contributed by atoms with Crippen molar-refractivity contribution in [3.8, 4) is 0 Å². The smallest absolute Gasteiger partial charge is 0.258 e. The molecule has 2 heterocycles. The molecule has 110 valence electrons. The van der Waals surface area contributed by atoms with Crippen LogP contribution in [0.25, 0.3) is 0 Å². The van der Waals surface area contributed by atoms with Gasteiger partial charge in [0.1, 0.15) is 5.76 Å². The van der Waals surface area contributed by atoms with Gasteiger partial charge in [0, 0.05) is 18.0 Å². The average Bonchev–Trinajstić information content (AvgIpc) is 2.93. The molecule has 0 bridgehead atoms. The predicted octanol–water partition coefficient (Wildman–Crippen LogP) is 3.37. The Labute approximate surface area is 127 Å². The minimum absolute atomic E-state index is 0.294. The third-order valence-corrected chi connectivity index (χ3v) is 2.93. The van der Waals surface area contributed by atoms with E-state index in [-0.39, 0.29) is 5.91 Å². The summed E-state index contributed by atoms with van der Waals surface area (Å²) in [4.78, 5) is 16.2. The molecule has 3 aromatic rings. The molecule has 0 atom stereocenters. The summed E-state index contributed by atoms with van der Waals surface area (Å²) in [6, 6.07) is 13.0. The van der Waals surface area contributed by atoms with E-state index in [0.29, 0.717) is 17.1 Å². The molecule has 22 heavy (non-hydrogen) atoms. The molecule has 1 amide bonds. The van der Waals surface area contributed by atoms with Crippen LogP contribution in [0.5, 0.6) is 0 Å². The van der Waals surface area contributed by atoms with E-state index in [1.54, 1.807) is 25.3 Å². The van der Waals surface area contributed by atoms with Crippen LogP contribution in [-0.2, 0) is 0 Å². The van der Waals surface area contributed by atoms with Crippen molar-refractivity contribution in [1.29, 1.82) is 0 Å². The normalized spacial score (nSPS) is 10.2. The van der Waals surface area contributed by atoms with Gasteiger partial charge < -0.3 is 15.2 Å². The quantitative estimate of drug-likeness (QED) is 0.771. The molecule has 2 N–H and O–H groups in total. The summed E-state index contributed by atoms with van der Waals surface area (Å²) in [5.74, 6) is 0.717. The van der Waals surface area contributed by atoms with Crippen LogP contribution in [-0.4, -0.2) is 16.0 Å². The first-order chi connectivity index (χ1) is 10.7. The number of hydrogen-bond donors (Lipinski definition) is 2. The number of carbonyl (C=O) groups is 1. The average molecular weight is 294 g/mol. The number of nitrogens with zero attached hydrogens (tertiary/aromatic N) is 2. The summed E-state index contributed by atoms with van der Waals surface area (Å²) >= 11 is 0. The van der Waals surface area contributed by atoms with Crippen molar-refractivity contribution >= 4 is 23.1 Å². The molecule has 0 aliphatic carbocycles. The van der Waals surface area contributed by atoms with Crippen molar-refractivity contribution in [2.45, 2.75) is 6.92 Å². The van der Waals surface area contributed by atoms with Crippen molar-refractivity contribution in [2.24, 2.45) is 0 Å². The first-order valence-corrected chi connectivity index (χ1v) is 6.72. The van der Waals surface area contributed by atoms with Crippen molar-refractivity contribution in [3.05, 3.63) is 66.2 Å². The molecule has 0 aliphatic heterocycles. The van der Waals surface area contributed by atoms with Gasteiger partial charge in [0.25, 0.3) is 5.91 Å². The van der Waals surface area contributed by atoms with E-state index in [1.807, 2.05) is 30.3 Å². The third-order valence-electron chi connectivity index (χ3n) is 2.93. The lowest BCUT2D eigenvalue weighted by molar-refractivity contribution is 0.102. The Morgan fingerprint density at radius 1 is 1.09 bits per heavy atom. The summed E-state index contributed by atoms with van der Waals surface area (Å²) in [7, 11) is 0. The lowest BCUT2D eigenvalue weighted by Gasteiger charge is -2.07. The Hall–Kier alpha value is -3.15. The highest BCUT2D eigenvalue weighted by Gasteiger charge is 2.10. The molecule has 0 spiro atoms. The molecule has 1 aromatic carbocycles. The number of aromatic nitrogens is 2. The predicted molar refractivity (Wildman–Crippen MR) is 83.2 cm³/mol. The maximum absolute atomic E-state index is 12.2. The first-order valence-electron chi connectivity index (χ1n) is 6.72. The van der Waals surface area contributed by atoms with Crippen LogP contribution in [0.4, 0.5) is 17.2 Å². The molecule has 6 heteroatoms. The number of aryl methyl sites for hydroxylation is 1. The summed E-state index contributed by atoms with van der Waals surface area (Å²) in [6.45, 7) is 1.76. The largest absolute Gasteiger partial charge is 0.360 e. The van der Waals surface area contributed by atoms with Crippen molar-refractivity contribution in [2.75, 3.05) is 10.6 Å². The van der Waals surface area contributed by atoms with E-state index in [9.17, 15) is 4.79 Å². The molecule has 6 nitrogen and oxygen atoms in total. The van der Waals surface area contributed by atoms with Gasteiger partial charge in [-0.05, 0) is 25.1 Å². The second-order valence-electron chi connectivity index (χ2n) is 4.73. The van der Waals surface area contributed by atoms with Crippen LogP contribution in [0.3, 0.4) is 0 Å². The number of benzene rings is 1. The van der Waals surface area contributed by atoms with Gasteiger partial charge in [-0.25, -0.2) is 0 Å². The molecule has 0 saturated heterocycles. The zero-order valence-electron chi connectivity index (χ0n) is 11.9. The van der Waals surface area contributed by atoms with Crippen molar-refractivity contribution < 1.29 is 9.32 Å². The van der Waals surface area contributed by atoms with Gasteiger partial charge in [-0.2, -0.15) is 0 Å². The number of para-hydroxylation sites is 1. The van der Waals surface area contributed by atoms with Gasteiger partial charge in [0.2, 0.25) is 0 Å². The van der Waals surface area contributed by atoms with Crippen LogP contribution in [0.1, 0.15) is 16.1 Å². The zero-order valence-corrected chi connectivity index (χ0v) is 11.9. The van der Waals surface area contributed by atoms with Crippen LogP contribution in [0.2, 0.25) is 0 Å². The molecule has 0 fully saturated rings. The number of carbonyl (C=O) groups excluding carboxylic acids is 1. The maximum Gasteiger partial charge on any atom is 0.258 e. The molecule has 2 aromatic heterocycles. The highest BCUT2D eigenvalue weighted by atomic mass is 16.5. The number of rotatable bonds is 4. The highest BCUT2D eigenvalue weighted by molar-refractivity contribution is 6.04. The fourth-order valence-electron chi connectivity index (χ4n) is 1.93. The standard InChI is InChI=1S/C16H14N4O2/c1-11-7-15(20-22-11)19-16(21)12-8-14(10-17-9-12)18-13-5-3-2-4-6-13/h2-10,18H,1H3,(H,19,20,21). The first kappa shape index (κ1) is 13.8. The minimum Gasteiger partial charge on any atom is -0.360 e. The number of hydrogen-bond acceptors (Lipinski definition) is 5. The van der Waals surface area contributed by atoms with E-state index in [0.717, 1.165) is 11.4 Å².